The summed E-state index contributed by atoms with van der Waals surface area (Å²) < 4.78 is 5.22. The molecule has 0 aliphatic carbocycles. The van der Waals surface area contributed by atoms with E-state index in [1.54, 1.807) is 13.1 Å². The van der Waals surface area contributed by atoms with Gasteiger partial charge in [-0.2, -0.15) is 0 Å². The lowest BCUT2D eigenvalue weighted by atomic mass is 10.0. The van der Waals surface area contributed by atoms with E-state index in [4.69, 9.17) is 4.74 Å². The summed E-state index contributed by atoms with van der Waals surface area (Å²) in [6.07, 6.45) is 0. The monoisotopic (exact) mass is 177 g/mol. The fourth-order valence-corrected chi connectivity index (χ4v) is 1.56. The number of carbonyl (C=O) groups is 1. The molecule has 1 heterocycles. The van der Waals surface area contributed by atoms with Crippen LogP contribution in [-0.2, 0) is 10.5 Å². The molecule has 3 nitrogen and oxygen atoms in total. The van der Waals surface area contributed by atoms with Gasteiger partial charge in [0, 0.05) is 5.56 Å². The summed E-state index contributed by atoms with van der Waals surface area (Å²) in [5.41, 5.74) is 0.898. The van der Waals surface area contributed by atoms with Crippen LogP contribution in [0.3, 0.4) is 0 Å². The molecule has 2 rings (SSSR count). The summed E-state index contributed by atoms with van der Waals surface area (Å²) in [4.78, 5) is 11.4. The van der Waals surface area contributed by atoms with Crippen molar-refractivity contribution in [3.8, 4) is 0 Å². The Kier molecular flexibility index (Phi) is 1.63. The van der Waals surface area contributed by atoms with E-state index in [-0.39, 0.29) is 5.97 Å². The Hall–Kier alpha value is -1.35. The average molecular weight is 177 g/mol. The first-order chi connectivity index (χ1) is 6.17. The fraction of sp³-hybridized carbons (Fsp3) is 0.300. The first kappa shape index (κ1) is 8.26. The van der Waals surface area contributed by atoms with Crippen LogP contribution in [0, 0.1) is 0 Å². The van der Waals surface area contributed by atoms with Crippen molar-refractivity contribution in [2.45, 2.75) is 12.6 Å². The Morgan fingerprint density at radius 3 is 2.77 bits per heavy atom. The SMILES string of the molecule is CNC1(C)OC(=O)c2ccccc21. The molecule has 1 aliphatic heterocycles. The number of cyclic esters (lactones) is 1. The van der Waals surface area contributed by atoms with Gasteiger partial charge in [-0.1, -0.05) is 18.2 Å². The maximum Gasteiger partial charge on any atom is 0.340 e. The molecule has 0 saturated heterocycles. The van der Waals surface area contributed by atoms with E-state index >= 15 is 0 Å². The summed E-state index contributed by atoms with van der Waals surface area (Å²) in [7, 11) is 1.77. The van der Waals surface area contributed by atoms with Crippen LogP contribution in [0.5, 0.6) is 0 Å². The zero-order chi connectivity index (χ0) is 9.47. The largest absolute Gasteiger partial charge is 0.436 e. The second-order valence-electron chi connectivity index (χ2n) is 3.22. The molecule has 0 aromatic heterocycles. The van der Waals surface area contributed by atoms with E-state index in [0.29, 0.717) is 5.56 Å². The van der Waals surface area contributed by atoms with Crippen molar-refractivity contribution in [2.75, 3.05) is 7.05 Å². The molecule has 1 aromatic rings. The highest BCUT2D eigenvalue weighted by Gasteiger charge is 2.39. The molecule has 0 spiro atoms. The van der Waals surface area contributed by atoms with Gasteiger partial charge in [-0.05, 0) is 20.0 Å². The molecule has 1 aliphatic rings. The van der Waals surface area contributed by atoms with Gasteiger partial charge in [-0.25, -0.2) is 4.79 Å². The highest BCUT2D eigenvalue weighted by Crippen LogP contribution is 2.33. The lowest BCUT2D eigenvalue weighted by molar-refractivity contribution is -0.0127. The Balaban J connectivity index is 2.59. The maximum atomic E-state index is 11.4. The molecule has 0 fully saturated rings. The number of hydrogen-bond donors (Lipinski definition) is 1. The Labute approximate surface area is 76.7 Å². The van der Waals surface area contributed by atoms with Crippen LogP contribution in [0.2, 0.25) is 0 Å². The normalized spacial score (nSPS) is 25.5. The smallest absolute Gasteiger partial charge is 0.340 e. The summed E-state index contributed by atoms with van der Waals surface area (Å²) >= 11 is 0. The molecule has 1 N–H and O–H groups in total. The first-order valence-corrected chi connectivity index (χ1v) is 4.19. The van der Waals surface area contributed by atoms with Crippen LogP contribution in [0.1, 0.15) is 22.8 Å². The maximum absolute atomic E-state index is 11.4. The topological polar surface area (TPSA) is 38.3 Å². The number of hydrogen-bond acceptors (Lipinski definition) is 3. The van der Waals surface area contributed by atoms with E-state index in [1.165, 1.54) is 0 Å². The Morgan fingerprint density at radius 1 is 1.38 bits per heavy atom. The van der Waals surface area contributed by atoms with Crippen molar-refractivity contribution in [3.05, 3.63) is 35.4 Å². The van der Waals surface area contributed by atoms with Gasteiger partial charge in [0.1, 0.15) is 0 Å². The average Bonchev–Trinajstić information content (AvgIpc) is 2.42. The zero-order valence-electron chi connectivity index (χ0n) is 7.63. The van der Waals surface area contributed by atoms with Crippen LogP contribution in [-0.4, -0.2) is 13.0 Å². The highest BCUT2D eigenvalue weighted by atomic mass is 16.6. The molecule has 13 heavy (non-hydrogen) atoms. The predicted molar refractivity (Wildman–Crippen MR) is 48.3 cm³/mol. The molecular formula is C10H11NO2. The van der Waals surface area contributed by atoms with Crippen molar-refractivity contribution in [2.24, 2.45) is 0 Å². The zero-order valence-corrected chi connectivity index (χ0v) is 7.63. The molecule has 0 saturated carbocycles. The second kappa shape index (κ2) is 2.57. The summed E-state index contributed by atoms with van der Waals surface area (Å²) in [5, 5.41) is 2.98. The number of carbonyl (C=O) groups excluding carboxylic acids is 1. The van der Waals surface area contributed by atoms with Crippen molar-refractivity contribution in [1.82, 2.24) is 5.32 Å². The lowest BCUT2D eigenvalue weighted by Crippen LogP contribution is -2.36. The molecule has 1 aromatic carbocycles. The van der Waals surface area contributed by atoms with Crippen LogP contribution < -0.4 is 5.32 Å². The van der Waals surface area contributed by atoms with Crippen LogP contribution in [0.15, 0.2) is 24.3 Å². The van der Waals surface area contributed by atoms with Gasteiger partial charge >= 0.3 is 5.97 Å². The number of benzene rings is 1. The second-order valence-corrected chi connectivity index (χ2v) is 3.22. The van der Waals surface area contributed by atoms with E-state index < -0.39 is 5.72 Å². The number of fused-ring (bicyclic) bond motifs is 1. The van der Waals surface area contributed by atoms with Crippen molar-refractivity contribution >= 4 is 5.97 Å². The molecular weight excluding hydrogens is 166 g/mol. The molecule has 0 bridgehead atoms. The third kappa shape index (κ3) is 1.04. The van der Waals surface area contributed by atoms with Gasteiger partial charge in [0.2, 0.25) is 0 Å². The van der Waals surface area contributed by atoms with Gasteiger partial charge in [-0.3, -0.25) is 5.32 Å². The van der Waals surface area contributed by atoms with Gasteiger partial charge in [0.15, 0.2) is 5.72 Å². The highest BCUT2D eigenvalue weighted by molar-refractivity contribution is 5.94. The minimum absolute atomic E-state index is 0.257. The number of esters is 1. The number of nitrogens with one attached hydrogen (secondary N) is 1. The number of ether oxygens (including phenoxy) is 1. The van der Waals surface area contributed by atoms with E-state index in [2.05, 4.69) is 5.32 Å². The van der Waals surface area contributed by atoms with Crippen LogP contribution in [0.4, 0.5) is 0 Å². The predicted octanol–water partition coefficient (Wildman–Crippen LogP) is 1.25. The van der Waals surface area contributed by atoms with E-state index in [9.17, 15) is 4.79 Å². The van der Waals surface area contributed by atoms with Crippen molar-refractivity contribution in [1.29, 1.82) is 0 Å². The molecule has 1 unspecified atom stereocenters. The molecule has 0 amide bonds. The van der Waals surface area contributed by atoms with Gasteiger partial charge < -0.3 is 4.74 Å². The third-order valence-electron chi connectivity index (χ3n) is 2.43. The molecule has 3 heteroatoms. The Bertz CT molecular complexity index is 362. The van der Waals surface area contributed by atoms with Crippen molar-refractivity contribution in [3.63, 3.8) is 0 Å². The van der Waals surface area contributed by atoms with Gasteiger partial charge in [0.25, 0.3) is 0 Å². The first-order valence-electron chi connectivity index (χ1n) is 4.19. The third-order valence-corrected chi connectivity index (χ3v) is 2.43. The van der Waals surface area contributed by atoms with Gasteiger partial charge in [-0.15, -0.1) is 0 Å². The standard InChI is InChI=1S/C10H11NO2/c1-10(11-2)8-6-4-3-5-7(8)9(12)13-10/h3-6,11H,1-2H3. The van der Waals surface area contributed by atoms with E-state index in [0.717, 1.165) is 5.56 Å². The quantitative estimate of drug-likeness (QED) is 0.656. The van der Waals surface area contributed by atoms with Crippen LogP contribution >= 0.6 is 0 Å². The molecule has 68 valence electrons. The summed E-state index contributed by atoms with van der Waals surface area (Å²) in [5.74, 6) is -0.257. The van der Waals surface area contributed by atoms with Crippen molar-refractivity contribution < 1.29 is 9.53 Å². The molecule has 1 atom stereocenters. The summed E-state index contributed by atoms with van der Waals surface area (Å²) in [6.45, 7) is 1.84. The van der Waals surface area contributed by atoms with E-state index in [1.807, 2.05) is 25.1 Å². The molecule has 0 radical (unpaired) electrons. The van der Waals surface area contributed by atoms with Crippen LogP contribution in [0.25, 0.3) is 0 Å². The fourth-order valence-electron chi connectivity index (χ4n) is 1.56. The minimum Gasteiger partial charge on any atom is -0.436 e. The van der Waals surface area contributed by atoms with Gasteiger partial charge in [0.05, 0.1) is 5.56 Å². The minimum atomic E-state index is -0.659. The lowest BCUT2D eigenvalue weighted by Gasteiger charge is -2.22. The Morgan fingerprint density at radius 2 is 2.08 bits per heavy atom. The summed E-state index contributed by atoms with van der Waals surface area (Å²) in [6, 6.07) is 7.41. The number of rotatable bonds is 1.